The van der Waals surface area contributed by atoms with E-state index >= 15 is 0 Å². The van der Waals surface area contributed by atoms with Crippen molar-refractivity contribution in [3.8, 4) is 0 Å². The first kappa shape index (κ1) is 9.93. The van der Waals surface area contributed by atoms with Crippen molar-refractivity contribution < 1.29 is 4.43 Å². The fourth-order valence-electron chi connectivity index (χ4n) is 2.06. The fraction of sp³-hybridized carbons (Fsp3) is 0.500. The van der Waals surface area contributed by atoms with E-state index < -0.39 is 8.32 Å². The van der Waals surface area contributed by atoms with Gasteiger partial charge in [-0.25, -0.2) is 0 Å². The molecular weight excluding hydrogens is 188 g/mol. The van der Waals surface area contributed by atoms with Gasteiger partial charge in [0.1, 0.15) is 0 Å². The van der Waals surface area contributed by atoms with Gasteiger partial charge in [0.15, 0.2) is 0 Å². The van der Waals surface area contributed by atoms with E-state index in [-0.39, 0.29) is 0 Å². The molecule has 2 aliphatic carbocycles. The molecule has 0 aromatic heterocycles. The average molecular weight is 206 g/mol. The highest BCUT2D eigenvalue weighted by Gasteiger charge is 2.34. The van der Waals surface area contributed by atoms with Crippen LogP contribution in [-0.4, -0.2) is 14.9 Å². The highest BCUT2D eigenvalue weighted by molar-refractivity contribution is 6.76. The molecular formula is C12H18OSi. The van der Waals surface area contributed by atoms with Gasteiger partial charge in [-0.1, -0.05) is 30.0 Å². The molecule has 0 N–H and O–H groups in total. The van der Waals surface area contributed by atoms with E-state index in [9.17, 15) is 0 Å². The van der Waals surface area contributed by atoms with Gasteiger partial charge in [0, 0.05) is 24.4 Å². The summed E-state index contributed by atoms with van der Waals surface area (Å²) in [7, 11) is -1.57. The Hall–Kier alpha value is -0.603. The molecule has 2 aliphatic rings. The maximum absolute atomic E-state index is 5.98. The number of allylic oxidation sites excluding steroid dienone is 4. The lowest BCUT2D eigenvalue weighted by Gasteiger charge is -2.23. The van der Waals surface area contributed by atoms with Crippen molar-refractivity contribution in [2.45, 2.75) is 13.1 Å². The molecule has 76 valence electrons. The van der Waals surface area contributed by atoms with E-state index in [0.29, 0.717) is 17.8 Å². The summed E-state index contributed by atoms with van der Waals surface area (Å²) in [6.45, 7) is 9.11. The lowest BCUT2D eigenvalue weighted by Crippen LogP contribution is -2.31. The lowest BCUT2D eigenvalue weighted by molar-refractivity contribution is 0.223. The number of hydrogen-bond acceptors (Lipinski definition) is 1. The van der Waals surface area contributed by atoms with Crippen LogP contribution in [0, 0.1) is 17.8 Å². The van der Waals surface area contributed by atoms with Crippen LogP contribution >= 0.6 is 0 Å². The Kier molecular flexibility index (Phi) is 2.50. The van der Waals surface area contributed by atoms with Gasteiger partial charge in [-0.15, -0.1) is 6.58 Å². The highest BCUT2D eigenvalue weighted by Crippen LogP contribution is 2.39. The second kappa shape index (κ2) is 3.52. The van der Waals surface area contributed by atoms with Crippen LogP contribution in [0.3, 0.4) is 0 Å². The summed E-state index contributed by atoms with van der Waals surface area (Å²) in [6.07, 6.45) is 9.23. The first-order chi connectivity index (χ1) is 6.62. The molecule has 2 rings (SSSR count). The molecule has 1 nitrogen and oxygen atoms in total. The van der Waals surface area contributed by atoms with Crippen LogP contribution in [0.1, 0.15) is 0 Å². The molecule has 0 amide bonds. The Labute approximate surface area is 87.3 Å². The van der Waals surface area contributed by atoms with Crippen LogP contribution in [0.15, 0.2) is 36.6 Å². The minimum atomic E-state index is -1.57. The van der Waals surface area contributed by atoms with Gasteiger partial charge in [-0.05, 0) is 13.1 Å². The van der Waals surface area contributed by atoms with Crippen molar-refractivity contribution in [2.24, 2.45) is 17.8 Å². The Morgan fingerprint density at radius 2 is 1.71 bits per heavy atom. The van der Waals surface area contributed by atoms with Crippen molar-refractivity contribution in [3.05, 3.63) is 36.6 Å². The predicted molar refractivity (Wildman–Crippen MR) is 62.4 cm³/mol. The number of rotatable bonds is 4. The molecule has 0 unspecified atom stereocenters. The van der Waals surface area contributed by atoms with Gasteiger partial charge in [-0.2, -0.15) is 0 Å². The van der Waals surface area contributed by atoms with Gasteiger partial charge < -0.3 is 4.43 Å². The SMILES string of the molecule is C=C[Si](C)(C)OCC1C2C=CC1C=C2. The molecule has 2 bridgehead atoms. The topological polar surface area (TPSA) is 9.23 Å². The summed E-state index contributed by atoms with van der Waals surface area (Å²) < 4.78 is 5.98. The molecule has 0 aromatic rings. The van der Waals surface area contributed by atoms with Crippen LogP contribution in [0.5, 0.6) is 0 Å². The minimum Gasteiger partial charge on any atom is -0.413 e. The highest BCUT2D eigenvalue weighted by atomic mass is 28.4. The second-order valence-corrected chi connectivity index (χ2v) is 8.61. The Morgan fingerprint density at radius 1 is 1.21 bits per heavy atom. The van der Waals surface area contributed by atoms with E-state index in [4.69, 9.17) is 4.43 Å². The van der Waals surface area contributed by atoms with Crippen molar-refractivity contribution in [1.29, 1.82) is 0 Å². The quantitative estimate of drug-likeness (QED) is 0.507. The van der Waals surface area contributed by atoms with Crippen molar-refractivity contribution in [3.63, 3.8) is 0 Å². The largest absolute Gasteiger partial charge is 0.413 e. The third-order valence-electron chi connectivity index (χ3n) is 3.24. The summed E-state index contributed by atoms with van der Waals surface area (Å²) in [5.74, 6) is 1.94. The van der Waals surface area contributed by atoms with E-state index in [0.717, 1.165) is 6.61 Å². The fourth-order valence-corrected chi connectivity index (χ4v) is 2.80. The Bertz CT molecular complexity index is 261. The van der Waals surface area contributed by atoms with E-state index in [2.05, 4.69) is 44.0 Å². The minimum absolute atomic E-state index is 0.634. The van der Waals surface area contributed by atoms with Crippen molar-refractivity contribution >= 4 is 8.32 Å². The van der Waals surface area contributed by atoms with E-state index in [1.807, 2.05) is 5.70 Å². The zero-order chi connectivity index (χ0) is 10.2. The summed E-state index contributed by atoms with van der Waals surface area (Å²) in [4.78, 5) is 0. The summed E-state index contributed by atoms with van der Waals surface area (Å²) in [5.41, 5.74) is 2.00. The van der Waals surface area contributed by atoms with Crippen LogP contribution in [0.25, 0.3) is 0 Å². The van der Waals surface area contributed by atoms with Crippen molar-refractivity contribution in [2.75, 3.05) is 6.61 Å². The third-order valence-corrected chi connectivity index (χ3v) is 5.13. The molecule has 0 heterocycles. The van der Waals surface area contributed by atoms with Gasteiger partial charge in [0.2, 0.25) is 8.32 Å². The molecule has 0 spiro atoms. The first-order valence-electron chi connectivity index (χ1n) is 5.26. The summed E-state index contributed by atoms with van der Waals surface area (Å²) >= 11 is 0. The molecule has 0 saturated heterocycles. The van der Waals surface area contributed by atoms with Crippen LogP contribution in [0.4, 0.5) is 0 Å². The number of fused-ring (bicyclic) bond motifs is 2. The predicted octanol–water partition coefficient (Wildman–Crippen LogP) is 2.92. The normalized spacial score (nSPS) is 34.0. The van der Waals surface area contributed by atoms with Crippen molar-refractivity contribution in [1.82, 2.24) is 0 Å². The van der Waals surface area contributed by atoms with E-state index in [1.54, 1.807) is 0 Å². The van der Waals surface area contributed by atoms with Gasteiger partial charge in [-0.3, -0.25) is 0 Å². The molecule has 0 atom stereocenters. The van der Waals surface area contributed by atoms with Gasteiger partial charge >= 0.3 is 0 Å². The molecule has 0 aliphatic heterocycles. The molecule has 2 heteroatoms. The zero-order valence-corrected chi connectivity index (χ0v) is 9.94. The number of hydrogen-bond donors (Lipinski definition) is 0. The zero-order valence-electron chi connectivity index (χ0n) is 8.94. The Morgan fingerprint density at radius 3 is 2.14 bits per heavy atom. The first-order valence-corrected chi connectivity index (χ1v) is 8.25. The van der Waals surface area contributed by atoms with Crippen LogP contribution in [0.2, 0.25) is 13.1 Å². The third kappa shape index (κ3) is 1.77. The van der Waals surface area contributed by atoms with Gasteiger partial charge in [0.05, 0.1) is 0 Å². The van der Waals surface area contributed by atoms with E-state index in [1.165, 1.54) is 0 Å². The maximum Gasteiger partial charge on any atom is 0.210 e. The van der Waals surface area contributed by atoms with Gasteiger partial charge in [0.25, 0.3) is 0 Å². The standard InChI is InChI=1S/C12H18OSi/c1-4-14(2,3)13-9-12-10-5-6-11(12)8-7-10/h4-8,10-12H,1,9H2,2-3H3. The summed E-state index contributed by atoms with van der Waals surface area (Å²) in [6, 6.07) is 0. The molecule has 14 heavy (non-hydrogen) atoms. The molecule has 0 saturated carbocycles. The van der Waals surface area contributed by atoms with Crippen LogP contribution < -0.4 is 0 Å². The molecule has 0 aromatic carbocycles. The monoisotopic (exact) mass is 206 g/mol. The molecule has 0 radical (unpaired) electrons. The molecule has 0 fully saturated rings. The second-order valence-electron chi connectivity index (χ2n) is 4.71. The summed E-state index contributed by atoms with van der Waals surface area (Å²) in [5, 5.41) is 0. The lowest BCUT2D eigenvalue weighted by atomic mass is 9.97. The maximum atomic E-state index is 5.98. The Balaban J connectivity index is 1.87. The van der Waals surface area contributed by atoms with Crippen LogP contribution in [-0.2, 0) is 4.43 Å². The average Bonchev–Trinajstić information content (AvgIpc) is 2.74. The smallest absolute Gasteiger partial charge is 0.210 e.